The summed E-state index contributed by atoms with van der Waals surface area (Å²) >= 11 is 0. The molecule has 1 fully saturated rings. The molecule has 3 nitrogen and oxygen atoms in total. The molecule has 1 rings (SSSR count). The predicted molar refractivity (Wildman–Crippen MR) is 46.0 cm³/mol. The summed E-state index contributed by atoms with van der Waals surface area (Å²) in [4.78, 5) is 22.5. The van der Waals surface area contributed by atoms with Gasteiger partial charge in [-0.3, -0.25) is 9.59 Å². The maximum atomic E-state index is 12.3. The second-order valence-electron chi connectivity index (χ2n) is 3.82. The van der Waals surface area contributed by atoms with Crippen molar-refractivity contribution in [2.75, 3.05) is 6.54 Å². The van der Waals surface area contributed by atoms with Gasteiger partial charge >= 0.3 is 6.18 Å². The molecule has 15 heavy (non-hydrogen) atoms. The quantitative estimate of drug-likeness (QED) is 0.769. The topological polar surface area (TPSA) is 46.2 Å². The van der Waals surface area contributed by atoms with E-state index >= 15 is 0 Å². The first kappa shape index (κ1) is 12.0. The molecule has 1 heterocycles. The van der Waals surface area contributed by atoms with E-state index in [0.717, 1.165) is 0 Å². The van der Waals surface area contributed by atoms with Crippen molar-refractivity contribution in [3.05, 3.63) is 0 Å². The van der Waals surface area contributed by atoms with Crippen molar-refractivity contribution in [3.63, 3.8) is 0 Å². The van der Waals surface area contributed by atoms with E-state index in [1.807, 2.05) is 0 Å². The number of carbonyl (C=O) groups is 2. The Morgan fingerprint density at radius 3 is 2.47 bits per heavy atom. The van der Waals surface area contributed by atoms with Crippen molar-refractivity contribution in [3.8, 4) is 0 Å². The van der Waals surface area contributed by atoms with Crippen LogP contribution in [-0.2, 0) is 9.59 Å². The van der Waals surface area contributed by atoms with E-state index in [-0.39, 0.29) is 25.2 Å². The van der Waals surface area contributed by atoms with Crippen LogP contribution in [0.2, 0.25) is 0 Å². The highest BCUT2D eigenvalue weighted by Crippen LogP contribution is 2.40. The van der Waals surface area contributed by atoms with E-state index in [9.17, 15) is 22.8 Å². The summed E-state index contributed by atoms with van der Waals surface area (Å²) in [6.07, 6.45) is -5.95. The van der Waals surface area contributed by atoms with Gasteiger partial charge in [-0.15, -0.1) is 0 Å². The van der Waals surface area contributed by atoms with E-state index in [1.165, 1.54) is 6.92 Å². The summed E-state index contributed by atoms with van der Waals surface area (Å²) in [5, 5.41) is 2.21. The Labute approximate surface area is 85.0 Å². The second-order valence-corrected chi connectivity index (χ2v) is 3.82. The highest BCUT2D eigenvalue weighted by atomic mass is 19.4. The molecule has 1 N–H and O–H groups in total. The van der Waals surface area contributed by atoms with Gasteiger partial charge in [-0.05, 0) is 6.42 Å². The SMILES string of the molecule is CCC1(CC(F)(F)F)CC(=O)CNC1=O. The van der Waals surface area contributed by atoms with Gasteiger partial charge in [-0.25, -0.2) is 0 Å². The lowest BCUT2D eigenvalue weighted by Gasteiger charge is -2.34. The number of Topliss-reactive ketones (excluding diaryl/α,β-unsaturated/α-hetero) is 1. The highest BCUT2D eigenvalue weighted by molar-refractivity contribution is 5.96. The van der Waals surface area contributed by atoms with Gasteiger partial charge in [0.15, 0.2) is 5.78 Å². The van der Waals surface area contributed by atoms with Gasteiger partial charge in [0, 0.05) is 6.42 Å². The average molecular weight is 223 g/mol. The number of carbonyl (C=O) groups excluding carboxylic acids is 2. The molecular weight excluding hydrogens is 211 g/mol. The number of rotatable bonds is 2. The van der Waals surface area contributed by atoms with Gasteiger partial charge in [0.2, 0.25) is 5.91 Å². The number of halogens is 3. The van der Waals surface area contributed by atoms with Crippen molar-refractivity contribution in [1.29, 1.82) is 0 Å². The van der Waals surface area contributed by atoms with Crippen LogP contribution in [0.1, 0.15) is 26.2 Å². The van der Waals surface area contributed by atoms with Crippen LogP contribution in [0.3, 0.4) is 0 Å². The van der Waals surface area contributed by atoms with Gasteiger partial charge in [0.25, 0.3) is 0 Å². The number of hydrogen-bond donors (Lipinski definition) is 1. The van der Waals surface area contributed by atoms with E-state index in [1.54, 1.807) is 0 Å². The Balaban J connectivity index is 2.90. The number of piperidine rings is 1. The molecule has 0 radical (unpaired) electrons. The van der Waals surface area contributed by atoms with E-state index < -0.39 is 23.9 Å². The van der Waals surface area contributed by atoms with Crippen LogP contribution in [0.15, 0.2) is 0 Å². The molecule has 0 aromatic heterocycles. The highest BCUT2D eigenvalue weighted by Gasteiger charge is 2.49. The fraction of sp³-hybridized carbons (Fsp3) is 0.778. The van der Waals surface area contributed by atoms with Crippen molar-refractivity contribution >= 4 is 11.7 Å². The largest absolute Gasteiger partial charge is 0.390 e. The zero-order chi connectivity index (χ0) is 11.7. The Hall–Kier alpha value is -1.07. The zero-order valence-electron chi connectivity index (χ0n) is 8.28. The Kier molecular flexibility index (Phi) is 3.06. The lowest BCUT2D eigenvalue weighted by Crippen LogP contribution is -2.51. The minimum Gasteiger partial charge on any atom is -0.349 e. The third-order valence-corrected chi connectivity index (χ3v) is 2.68. The van der Waals surface area contributed by atoms with Crippen LogP contribution in [0.5, 0.6) is 0 Å². The number of hydrogen-bond acceptors (Lipinski definition) is 2. The summed E-state index contributed by atoms with van der Waals surface area (Å²) in [6, 6.07) is 0. The molecule has 0 spiro atoms. The first-order chi connectivity index (χ1) is 6.79. The average Bonchev–Trinajstić information content (AvgIpc) is 2.09. The van der Waals surface area contributed by atoms with Crippen molar-refractivity contribution in [1.82, 2.24) is 5.32 Å². The first-order valence-corrected chi connectivity index (χ1v) is 4.66. The van der Waals surface area contributed by atoms with E-state index in [4.69, 9.17) is 0 Å². The molecule has 1 atom stereocenters. The number of alkyl halides is 3. The third kappa shape index (κ3) is 2.70. The predicted octanol–water partition coefficient (Wildman–Crippen LogP) is 1.42. The molecule has 0 saturated carbocycles. The number of ketones is 1. The molecule has 0 aliphatic carbocycles. The van der Waals surface area contributed by atoms with Crippen LogP contribution in [0, 0.1) is 5.41 Å². The Morgan fingerprint density at radius 1 is 1.40 bits per heavy atom. The van der Waals surface area contributed by atoms with Crippen molar-refractivity contribution in [2.24, 2.45) is 5.41 Å². The molecule has 1 saturated heterocycles. The Bertz CT molecular complexity index is 288. The third-order valence-electron chi connectivity index (χ3n) is 2.68. The molecule has 1 unspecified atom stereocenters. The van der Waals surface area contributed by atoms with Crippen LogP contribution in [0.25, 0.3) is 0 Å². The molecule has 86 valence electrons. The standard InChI is InChI=1S/C9H12F3NO2/c1-2-8(5-9(10,11)12)3-6(14)4-13-7(8)15/h2-5H2,1H3,(H,13,15). The molecule has 0 aromatic carbocycles. The lowest BCUT2D eigenvalue weighted by atomic mass is 9.74. The molecular formula is C9H12F3NO2. The minimum absolute atomic E-state index is 0.0179. The lowest BCUT2D eigenvalue weighted by molar-refractivity contribution is -0.173. The summed E-state index contributed by atoms with van der Waals surface area (Å²) in [5.41, 5.74) is -1.59. The number of nitrogens with one attached hydrogen (secondary N) is 1. The van der Waals surface area contributed by atoms with Crippen LogP contribution < -0.4 is 5.32 Å². The maximum absolute atomic E-state index is 12.3. The number of amides is 1. The van der Waals surface area contributed by atoms with Crippen LogP contribution >= 0.6 is 0 Å². The van der Waals surface area contributed by atoms with Gasteiger partial charge in [0.05, 0.1) is 18.4 Å². The van der Waals surface area contributed by atoms with Gasteiger partial charge < -0.3 is 5.32 Å². The monoisotopic (exact) mass is 223 g/mol. The van der Waals surface area contributed by atoms with Crippen LogP contribution in [0.4, 0.5) is 13.2 Å². The van der Waals surface area contributed by atoms with Gasteiger partial charge in [-0.1, -0.05) is 6.92 Å². The van der Waals surface area contributed by atoms with Gasteiger partial charge in [0.1, 0.15) is 0 Å². The fourth-order valence-corrected chi connectivity index (χ4v) is 1.82. The molecule has 1 amide bonds. The smallest absolute Gasteiger partial charge is 0.349 e. The summed E-state index contributed by atoms with van der Waals surface area (Å²) in [5.74, 6) is -1.01. The Morgan fingerprint density at radius 2 is 2.00 bits per heavy atom. The molecule has 0 aromatic rings. The van der Waals surface area contributed by atoms with Crippen molar-refractivity contribution in [2.45, 2.75) is 32.4 Å². The first-order valence-electron chi connectivity index (χ1n) is 4.66. The van der Waals surface area contributed by atoms with E-state index in [0.29, 0.717) is 0 Å². The van der Waals surface area contributed by atoms with E-state index in [2.05, 4.69) is 5.32 Å². The summed E-state index contributed by atoms with van der Waals surface area (Å²) in [6.45, 7) is 1.34. The molecule has 0 bridgehead atoms. The summed E-state index contributed by atoms with van der Waals surface area (Å²) in [7, 11) is 0. The maximum Gasteiger partial charge on any atom is 0.390 e. The molecule has 1 aliphatic rings. The molecule has 1 aliphatic heterocycles. The normalized spacial score (nSPS) is 27.7. The molecule has 6 heteroatoms. The fourth-order valence-electron chi connectivity index (χ4n) is 1.82. The van der Waals surface area contributed by atoms with Crippen LogP contribution in [-0.4, -0.2) is 24.4 Å². The minimum atomic E-state index is -4.43. The van der Waals surface area contributed by atoms with Crippen molar-refractivity contribution < 1.29 is 22.8 Å². The zero-order valence-corrected chi connectivity index (χ0v) is 8.28. The van der Waals surface area contributed by atoms with Gasteiger partial charge in [-0.2, -0.15) is 13.2 Å². The summed E-state index contributed by atoms with van der Waals surface area (Å²) < 4.78 is 36.8. The second kappa shape index (κ2) is 3.83.